The molecule has 9 atom stereocenters. The summed E-state index contributed by atoms with van der Waals surface area (Å²) in [5.74, 6) is -0.584. The molecule has 4 saturated carbocycles. The van der Waals surface area contributed by atoms with Gasteiger partial charge in [0.15, 0.2) is 23.4 Å². The molecule has 5 aliphatic carbocycles. The molecule has 39 heavy (non-hydrogen) atoms. The van der Waals surface area contributed by atoms with E-state index in [1.54, 1.807) is 32.9 Å². The summed E-state index contributed by atoms with van der Waals surface area (Å²) in [6.07, 6.45) is 10.5. The van der Waals surface area contributed by atoms with Gasteiger partial charge in [0, 0.05) is 22.7 Å². The van der Waals surface area contributed by atoms with Gasteiger partial charge in [0.25, 0.3) is 0 Å². The van der Waals surface area contributed by atoms with Gasteiger partial charge >= 0.3 is 5.97 Å². The molecule has 7 nitrogen and oxygen atoms in total. The molecule has 0 bridgehead atoms. The molecule has 0 aromatic heterocycles. The second-order valence-electron chi connectivity index (χ2n) is 14.0. The van der Waals surface area contributed by atoms with E-state index in [0.717, 1.165) is 37.7 Å². The predicted molar refractivity (Wildman–Crippen MR) is 143 cm³/mol. The fourth-order valence-electron chi connectivity index (χ4n) is 9.73. The number of ether oxygens (including phenoxy) is 3. The molecule has 0 amide bonds. The van der Waals surface area contributed by atoms with Crippen molar-refractivity contribution in [3.8, 4) is 0 Å². The molecule has 0 aromatic carbocycles. The fourth-order valence-corrected chi connectivity index (χ4v) is 9.73. The van der Waals surface area contributed by atoms with Gasteiger partial charge in [-0.25, -0.2) is 0 Å². The van der Waals surface area contributed by atoms with Crippen LogP contribution in [0.5, 0.6) is 0 Å². The van der Waals surface area contributed by atoms with Crippen LogP contribution in [-0.2, 0) is 28.6 Å². The van der Waals surface area contributed by atoms with Gasteiger partial charge in [0.2, 0.25) is 5.78 Å². The van der Waals surface area contributed by atoms with Crippen molar-refractivity contribution in [1.29, 1.82) is 0 Å². The van der Waals surface area contributed by atoms with Crippen LogP contribution in [0.4, 0.5) is 0 Å². The predicted octanol–water partition coefficient (Wildman–Crippen LogP) is 5.05. The van der Waals surface area contributed by atoms with Gasteiger partial charge in [-0.2, -0.15) is 0 Å². The van der Waals surface area contributed by atoms with E-state index in [4.69, 9.17) is 14.2 Å². The number of Topliss-reactive ketones (excluding diaryl/α,β-unsaturated/α-hetero) is 1. The average molecular weight is 541 g/mol. The number of fused-ring (bicyclic) bond motifs is 7. The molecule has 6 rings (SSSR count). The first-order valence-electron chi connectivity index (χ1n) is 15.1. The Balaban J connectivity index is 1.33. The lowest BCUT2D eigenvalue weighted by molar-refractivity contribution is -0.207. The highest BCUT2D eigenvalue weighted by Gasteiger charge is 2.75. The number of ketones is 2. The van der Waals surface area contributed by atoms with E-state index in [9.17, 15) is 19.5 Å². The van der Waals surface area contributed by atoms with Crippen molar-refractivity contribution in [2.24, 2.45) is 40.4 Å². The quantitative estimate of drug-likeness (QED) is 0.498. The van der Waals surface area contributed by atoms with Crippen molar-refractivity contribution >= 4 is 17.5 Å². The van der Waals surface area contributed by atoms with E-state index in [0.29, 0.717) is 12.3 Å². The normalized spacial score (nSPS) is 45.6. The zero-order valence-electron chi connectivity index (χ0n) is 24.0. The average Bonchev–Trinajstić information content (AvgIpc) is 3.38. The third-order valence-corrected chi connectivity index (χ3v) is 11.6. The lowest BCUT2D eigenvalue weighted by Crippen LogP contribution is -2.62. The summed E-state index contributed by atoms with van der Waals surface area (Å²) in [5.41, 5.74) is -1.21. The summed E-state index contributed by atoms with van der Waals surface area (Å²) >= 11 is 0. The van der Waals surface area contributed by atoms with Crippen molar-refractivity contribution in [3.05, 3.63) is 23.5 Å². The molecule has 0 spiro atoms. The molecule has 6 aliphatic rings. The Morgan fingerprint density at radius 2 is 1.85 bits per heavy atom. The van der Waals surface area contributed by atoms with Crippen LogP contribution in [0, 0.1) is 40.4 Å². The molecule has 1 heterocycles. The Hall–Kier alpha value is -1.83. The Morgan fingerprint density at radius 1 is 1.13 bits per heavy atom. The van der Waals surface area contributed by atoms with Crippen molar-refractivity contribution in [2.75, 3.05) is 0 Å². The second-order valence-corrected chi connectivity index (χ2v) is 14.0. The Morgan fingerprint density at radius 3 is 2.51 bits per heavy atom. The van der Waals surface area contributed by atoms with Crippen molar-refractivity contribution in [3.63, 3.8) is 0 Å². The van der Waals surface area contributed by atoms with Crippen molar-refractivity contribution in [2.45, 2.75) is 117 Å². The molecular weight excluding hydrogens is 496 g/mol. The van der Waals surface area contributed by atoms with E-state index in [2.05, 4.69) is 13.8 Å². The van der Waals surface area contributed by atoms with E-state index in [-0.39, 0.29) is 53.4 Å². The summed E-state index contributed by atoms with van der Waals surface area (Å²) in [6, 6.07) is 0. The fraction of sp³-hybridized carbons (Fsp3) is 0.781. The number of hydrogen-bond acceptors (Lipinski definition) is 7. The first-order chi connectivity index (χ1) is 18.4. The van der Waals surface area contributed by atoms with Gasteiger partial charge in [-0.05, 0) is 69.4 Å². The first-order valence-corrected chi connectivity index (χ1v) is 15.1. The van der Waals surface area contributed by atoms with Crippen LogP contribution in [0.2, 0.25) is 0 Å². The lowest BCUT2D eigenvalue weighted by Gasteiger charge is -2.59. The third kappa shape index (κ3) is 3.82. The first kappa shape index (κ1) is 27.3. The van der Waals surface area contributed by atoms with E-state index in [1.165, 1.54) is 19.3 Å². The van der Waals surface area contributed by atoms with Crippen LogP contribution in [-0.4, -0.2) is 46.7 Å². The SMILES string of the molecule is CC(=O)[C@@]12OC(C3CCCCC3)O[C@H]1C[C@H]1[C@@H]3CCC4=CC(=O)C(OC(=O)C(C)C)=C[C@]4(C)[C@H]3[C@@H](O)C[C@@]12C. The number of allylic oxidation sites excluding steroid dienone is 3. The zero-order valence-corrected chi connectivity index (χ0v) is 24.0. The molecular formula is C32H44O7. The minimum absolute atomic E-state index is 0.00936. The van der Waals surface area contributed by atoms with Gasteiger partial charge in [-0.15, -0.1) is 0 Å². The maximum Gasteiger partial charge on any atom is 0.313 e. The molecule has 214 valence electrons. The molecule has 0 radical (unpaired) electrons. The van der Waals surface area contributed by atoms with E-state index < -0.39 is 28.5 Å². The third-order valence-electron chi connectivity index (χ3n) is 11.6. The highest BCUT2D eigenvalue weighted by Crippen LogP contribution is 2.70. The highest BCUT2D eigenvalue weighted by molar-refractivity contribution is 6.05. The molecule has 1 saturated heterocycles. The molecule has 1 aliphatic heterocycles. The number of aliphatic hydroxyl groups is 1. The number of esters is 1. The van der Waals surface area contributed by atoms with Crippen LogP contribution < -0.4 is 0 Å². The van der Waals surface area contributed by atoms with Crippen LogP contribution in [0.3, 0.4) is 0 Å². The Kier molecular flexibility index (Phi) is 6.56. The molecule has 7 heteroatoms. The number of hydrogen-bond donors (Lipinski definition) is 1. The van der Waals surface area contributed by atoms with Crippen LogP contribution >= 0.6 is 0 Å². The molecule has 1 unspecified atom stereocenters. The summed E-state index contributed by atoms with van der Waals surface area (Å²) in [6.45, 7) is 9.34. The summed E-state index contributed by atoms with van der Waals surface area (Å²) < 4.78 is 19.0. The van der Waals surface area contributed by atoms with Gasteiger partial charge in [-0.1, -0.05) is 52.5 Å². The summed E-state index contributed by atoms with van der Waals surface area (Å²) in [7, 11) is 0. The van der Waals surface area contributed by atoms with Crippen molar-refractivity contribution < 1.29 is 33.7 Å². The summed E-state index contributed by atoms with van der Waals surface area (Å²) in [5, 5.41) is 11.9. The highest BCUT2D eigenvalue weighted by atomic mass is 16.7. The monoisotopic (exact) mass is 540 g/mol. The van der Waals surface area contributed by atoms with Gasteiger partial charge < -0.3 is 19.3 Å². The maximum atomic E-state index is 13.5. The standard InChI is InChI=1S/C32H44O7/c1-17(2)28(36)37-25-16-30(4)20(13-23(25)34)11-12-21-22-14-26-32(18(3)33,31(22,5)15-24(35)27(21)30)39-29(38-26)19-9-7-6-8-10-19/h13,16-17,19,21-22,24,26-27,29,35H,6-12,14-15H2,1-5H3/t21-,22-,24-,26-,27+,29?,30-,31-,32+/m0/s1. The molecule has 1 N–H and O–H groups in total. The van der Waals surface area contributed by atoms with Gasteiger partial charge in [0.1, 0.15) is 0 Å². The zero-order chi connectivity index (χ0) is 27.9. The topological polar surface area (TPSA) is 99.1 Å². The minimum atomic E-state index is -1.04. The molecule has 0 aromatic rings. The smallest absolute Gasteiger partial charge is 0.313 e. The Labute approximate surface area is 231 Å². The molecule has 5 fully saturated rings. The van der Waals surface area contributed by atoms with Gasteiger partial charge in [0.05, 0.1) is 18.1 Å². The number of aliphatic hydroxyl groups excluding tert-OH is 1. The lowest BCUT2D eigenvalue weighted by atomic mass is 9.46. The number of carbonyl (C=O) groups excluding carboxylic acids is 3. The van der Waals surface area contributed by atoms with Crippen LogP contribution in [0.1, 0.15) is 92.4 Å². The maximum absolute atomic E-state index is 13.5. The van der Waals surface area contributed by atoms with E-state index >= 15 is 0 Å². The minimum Gasteiger partial charge on any atom is -0.422 e. The number of carbonyl (C=O) groups is 3. The van der Waals surface area contributed by atoms with Gasteiger partial charge in [-0.3, -0.25) is 14.4 Å². The van der Waals surface area contributed by atoms with Crippen LogP contribution in [0.25, 0.3) is 0 Å². The van der Waals surface area contributed by atoms with Crippen molar-refractivity contribution in [1.82, 2.24) is 0 Å². The van der Waals surface area contributed by atoms with Crippen LogP contribution in [0.15, 0.2) is 23.5 Å². The number of rotatable bonds is 4. The second kappa shape index (κ2) is 9.35. The Bertz CT molecular complexity index is 1130. The largest absolute Gasteiger partial charge is 0.422 e. The summed E-state index contributed by atoms with van der Waals surface area (Å²) in [4.78, 5) is 38.8. The van der Waals surface area contributed by atoms with E-state index in [1.807, 2.05) is 0 Å².